The molecule has 1 heterocycles. The lowest BCUT2D eigenvalue weighted by Crippen LogP contribution is -2.26. The van der Waals surface area contributed by atoms with E-state index < -0.39 is 0 Å². The maximum absolute atomic E-state index is 12.8. The third-order valence-electron chi connectivity index (χ3n) is 2.75. The number of rotatable bonds is 2. The minimum atomic E-state index is -0.317. The number of carbonyl (C=O) groups excluding carboxylic acids is 1. The van der Waals surface area contributed by atoms with Gasteiger partial charge in [0.1, 0.15) is 5.82 Å². The monoisotopic (exact) mass is 220 g/mol. The first-order chi connectivity index (χ1) is 7.63. The summed E-state index contributed by atoms with van der Waals surface area (Å²) in [5.74, 6) is -0.486. The van der Waals surface area contributed by atoms with E-state index in [-0.39, 0.29) is 17.6 Å². The molecule has 0 N–H and O–H groups in total. The summed E-state index contributed by atoms with van der Waals surface area (Å²) >= 11 is 0. The van der Waals surface area contributed by atoms with Crippen LogP contribution in [-0.4, -0.2) is 11.6 Å². The molecule has 1 aliphatic heterocycles. The van der Waals surface area contributed by atoms with Crippen molar-refractivity contribution in [2.24, 2.45) is 11.0 Å². The number of benzene rings is 1. The van der Waals surface area contributed by atoms with Gasteiger partial charge in [0, 0.05) is 5.71 Å². The van der Waals surface area contributed by atoms with Crippen LogP contribution in [0.3, 0.4) is 0 Å². The van der Waals surface area contributed by atoms with Crippen molar-refractivity contribution in [3.63, 3.8) is 0 Å². The molecule has 0 saturated heterocycles. The third-order valence-corrected chi connectivity index (χ3v) is 2.75. The molecule has 1 amide bonds. The number of hydrazone groups is 1. The fourth-order valence-electron chi connectivity index (χ4n) is 1.84. The van der Waals surface area contributed by atoms with Gasteiger partial charge in [0.15, 0.2) is 0 Å². The first-order valence-electron chi connectivity index (χ1n) is 5.28. The lowest BCUT2D eigenvalue weighted by atomic mass is 10.0. The highest BCUT2D eigenvalue weighted by Crippen LogP contribution is 2.25. The summed E-state index contributed by atoms with van der Waals surface area (Å²) in [6, 6.07) is 5.77. The molecule has 0 spiro atoms. The summed E-state index contributed by atoms with van der Waals surface area (Å²) in [5, 5.41) is 5.55. The van der Waals surface area contributed by atoms with E-state index >= 15 is 0 Å². The number of amides is 1. The maximum atomic E-state index is 12.8. The van der Waals surface area contributed by atoms with Gasteiger partial charge in [-0.2, -0.15) is 5.10 Å². The molecule has 1 atom stereocenters. The Labute approximate surface area is 93.6 Å². The van der Waals surface area contributed by atoms with E-state index in [0.29, 0.717) is 5.69 Å². The zero-order valence-electron chi connectivity index (χ0n) is 9.27. The van der Waals surface area contributed by atoms with Gasteiger partial charge in [-0.15, -0.1) is 0 Å². The molecule has 0 aromatic heterocycles. The SMILES string of the molecule is CCC1C(=O)N(c2ccc(F)cc2)N=C1C. The first kappa shape index (κ1) is 10.8. The molecule has 0 radical (unpaired) electrons. The summed E-state index contributed by atoms with van der Waals surface area (Å²) in [5.41, 5.74) is 1.43. The Balaban J connectivity index is 2.30. The second-order valence-corrected chi connectivity index (χ2v) is 3.83. The van der Waals surface area contributed by atoms with Gasteiger partial charge in [0.25, 0.3) is 5.91 Å². The van der Waals surface area contributed by atoms with Crippen molar-refractivity contribution in [3.05, 3.63) is 30.1 Å². The van der Waals surface area contributed by atoms with Crippen molar-refractivity contribution < 1.29 is 9.18 Å². The molecular formula is C12H13FN2O. The predicted octanol–water partition coefficient (Wildman–Crippen LogP) is 2.57. The van der Waals surface area contributed by atoms with E-state index in [9.17, 15) is 9.18 Å². The minimum absolute atomic E-state index is 0.0355. The van der Waals surface area contributed by atoms with Crippen molar-refractivity contribution in [2.75, 3.05) is 5.01 Å². The summed E-state index contributed by atoms with van der Waals surface area (Å²) in [6.07, 6.45) is 0.742. The van der Waals surface area contributed by atoms with Crippen LogP contribution in [0.2, 0.25) is 0 Å². The highest BCUT2D eigenvalue weighted by molar-refractivity contribution is 6.14. The Morgan fingerprint density at radius 3 is 2.50 bits per heavy atom. The fourth-order valence-corrected chi connectivity index (χ4v) is 1.84. The minimum Gasteiger partial charge on any atom is -0.272 e. The molecule has 0 saturated carbocycles. The second kappa shape index (κ2) is 4.04. The number of hydrogen-bond acceptors (Lipinski definition) is 2. The first-order valence-corrected chi connectivity index (χ1v) is 5.28. The average Bonchev–Trinajstić information content (AvgIpc) is 2.55. The lowest BCUT2D eigenvalue weighted by molar-refractivity contribution is -0.119. The molecule has 0 fully saturated rings. The Bertz CT molecular complexity index is 439. The van der Waals surface area contributed by atoms with Gasteiger partial charge in [0.05, 0.1) is 11.6 Å². The molecular weight excluding hydrogens is 207 g/mol. The number of hydrogen-bond donors (Lipinski definition) is 0. The van der Waals surface area contributed by atoms with Gasteiger partial charge in [-0.25, -0.2) is 9.40 Å². The number of anilines is 1. The zero-order valence-corrected chi connectivity index (χ0v) is 9.27. The summed E-state index contributed by atoms with van der Waals surface area (Å²) in [6.45, 7) is 3.80. The van der Waals surface area contributed by atoms with Crippen LogP contribution in [-0.2, 0) is 4.79 Å². The molecule has 2 rings (SSSR count). The topological polar surface area (TPSA) is 32.7 Å². The van der Waals surface area contributed by atoms with Crippen molar-refractivity contribution in [1.82, 2.24) is 0 Å². The van der Waals surface area contributed by atoms with E-state index in [2.05, 4.69) is 5.10 Å². The third kappa shape index (κ3) is 1.71. The van der Waals surface area contributed by atoms with Crippen LogP contribution in [0, 0.1) is 11.7 Å². The Kier molecular flexibility index (Phi) is 2.73. The van der Waals surface area contributed by atoms with Crippen LogP contribution < -0.4 is 5.01 Å². The predicted molar refractivity (Wildman–Crippen MR) is 60.8 cm³/mol. The molecule has 0 bridgehead atoms. The average molecular weight is 220 g/mol. The highest BCUT2D eigenvalue weighted by Gasteiger charge is 2.32. The maximum Gasteiger partial charge on any atom is 0.256 e. The molecule has 16 heavy (non-hydrogen) atoms. The van der Waals surface area contributed by atoms with Crippen LogP contribution in [0.15, 0.2) is 29.4 Å². The standard InChI is InChI=1S/C12H13FN2O/c1-3-11-8(2)14-15(12(11)16)10-6-4-9(13)5-7-10/h4-7,11H,3H2,1-2H3. The molecule has 1 aliphatic rings. The zero-order chi connectivity index (χ0) is 11.7. The van der Waals surface area contributed by atoms with Gasteiger partial charge in [-0.1, -0.05) is 6.92 Å². The van der Waals surface area contributed by atoms with Crippen molar-refractivity contribution in [3.8, 4) is 0 Å². The van der Waals surface area contributed by atoms with E-state index in [4.69, 9.17) is 0 Å². The quantitative estimate of drug-likeness (QED) is 0.754. The van der Waals surface area contributed by atoms with E-state index in [1.807, 2.05) is 13.8 Å². The van der Waals surface area contributed by atoms with Gasteiger partial charge in [0.2, 0.25) is 0 Å². The summed E-state index contributed by atoms with van der Waals surface area (Å²) < 4.78 is 12.8. The van der Waals surface area contributed by atoms with E-state index in [0.717, 1.165) is 12.1 Å². The molecule has 1 aromatic carbocycles. The molecule has 1 unspecified atom stereocenters. The fraction of sp³-hybridized carbons (Fsp3) is 0.333. The van der Waals surface area contributed by atoms with E-state index in [1.165, 1.54) is 17.1 Å². The van der Waals surface area contributed by atoms with Crippen molar-refractivity contribution in [1.29, 1.82) is 0 Å². The number of carbonyl (C=O) groups is 1. The molecule has 4 heteroatoms. The normalized spacial score (nSPS) is 20.2. The second-order valence-electron chi connectivity index (χ2n) is 3.83. The Morgan fingerprint density at radius 2 is 2.00 bits per heavy atom. The molecule has 3 nitrogen and oxygen atoms in total. The van der Waals surface area contributed by atoms with Gasteiger partial charge < -0.3 is 0 Å². The van der Waals surface area contributed by atoms with E-state index in [1.54, 1.807) is 12.1 Å². The number of nitrogens with zero attached hydrogens (tertiary/aromatic N) is 2. The molecule has 0 aliphatic carbocycles. The summed E-state index contributed by atoms with van der Waals surface area (Å²) in [4.78, 5) is 11.9. The highest BCUT2D eigenvalue weighted by atomic mass is 19.1. The van der Waals surface area contributed by atoms with Crippen LogP contribution >= 0.6 is 0 Å². The lowest BCUT2D eigenvalue weighted by Gasteiger charge is -2.13. The van der Waals surface area contributed by atoms with Crippen LogP contribution in [0.4, 0.5) is 10.1 Å². The van der Waals surface area contributed by atoms with Gasteiger partial charge in [-0.3, -0.25) is 4.79 Å². The molecule has 1 aromatic rings. The van der Waals surface area contributed by atoms with Crippen molar-refractivity contribution >= 4 is 17.3 Å². The summed E-state index contributed by atoms with van der Waals surface area (Å²) in [7, 11) is 0. The van der Waals surface area contributed by atoms with Crippen LogP contribution in [0.25, 0.3) is 0 Å². The smallest absolute Gasteiger partial charge is 0.256 e. The molecule has 84 valence electrons. The number of halogens is 1. The van der Waals surface area contributed by atoms with Gasteiger partial charge >= 0.3 is 0 Å². The Hall–Kier alpha value is -1.71. The van der Waals surface area contributed by atoms with Crippen LogP contribution in [0.1, 0.15) is 20.3 Å². The van der Waals surface area contributed by atoms with Gasteiger partial charge in [-0.05, 0) is 37.6 Å². The largest absolute Gasteiger partial charge is 0.272 e. The van der Waals surface area contributed by atoms with Crippen LogP contribution in [0.5, 0.6) is 0 Å². The van der Waals surface area contributed by atoms with Crippen molar-refractivity contribution in [2.45, 2.75) is 20.3 Å². The Morgan fingerprint density at radius 1 is 1.38 bits per heavy atom.